The van der Waals surface area contributed by atoms with Gasteiger partial charge in [0, 0.05) is 35.3 Å². The first-order valence-electron chi connectivity index (χ1n) is 7.76. The van der Waals surface area contributed by atoms with E-state index >= 15 is 0 Å². The Bertz CT molecular complexity index is 843. The van der Waals surface area contributed by atoms with E-state index in [1.807, 2.05) is 36.5 Å². The summed E-state index contributed by atoms with van der Waals surface area (Å²) in [6.07, 6.45) is 4.46. The van der Waals surface area contributed by atoms with Crippen molar-refractivity contribution >= 4 is 22.7 Å². The van der Waals surface area contributed by atoms with Crippen molar-refractivity contribution in [3.8, 4) is 11.4 Å². The zero-order valence-corrected chi connectivity index (χ0v) is 13.6. The minimum atomic E-state index is -0.251. The van der Waals surface area contributed by atoms with Gasteiger partial charge in [-0.3, -0.25) is 10.4 Å². The van der Waals surface area contributed by atoms with Gasteiger partial charge in [-0.2, -0.15) is 14.5 Å². The number of H-pyrrole nitrogens is 1. The fourth-order valence-electron chi connectivity index (χ4n) is 2.83. The maximum Gasteiger partial charge on any atom is 0.321 e. The predicted octanol–water partition coefficient (Wildman–Crippen LogP) is 2.61. The first kappa shape index (κ1) is 14.8. The number of carbonyl (C=O) groups excluding carboxylic acids is 1. The van der Waals surface area contributed by atoms with Crippen molar-refractivity contribution in [3.63, 3.8) is 0 Å². The molecule has 0 radical (unpaired) electrons. The SMILES string of the molecule is O=C(Nc1nc(-c2ccccc2)ns1)N[C@@H]1CCc2cn[nH]c2C1. The van der Waals surface area contributed by atoms with Crippen molar-refractivity contribution in [2.45, 2.75) is 25.3 Å². The quantitative estimate of drug-likeness (QED) is 0.683. The highest BCUT2D eigenvalue weighted by Gasteiger charge is 2.22. The number of nitrogens with one attached hydrogen (secondary N) is 3. The fraction of sp³-hybridized carbons (Fsp3) is 0.250. The average molecular weight is 340 g/mol. The Kier molecular flexibility index (Phi) is 3.96. The molecule has 8 heteroatoms. The molecule has 0 aliphatic heterocycles. The van der Waals surface area contributed by atoms with Gasteiger partial charge in [0.15, 0.2) is 5.82 Å². The summed E-state index contributed by atoms with van der Waals surface area (Å²) in [5, 5.41) is 13.3. The molecule has 0 unspecified atom stereocenters. The molecule has 1 aliphatic carbocycles. The van der Waals surface area contributed by atoms with E-state index in [1.54, 1.807) is 0 Å². The van der Waals surface area contributed by atoms with Crippen LogP contribution in [0.25, 0.3) is 11.4 Å². The van der Waals surface area contributed by atoms with Gasteiger partial charge in [0.2, 0.25) is 5.13 Å². The summed E-state index contributed by atoms with van der Waals surface area (Å²) in [5.41, 5.74) is 3.28. The number of amides is 2. The topological polar surface area (TPSA) is 95.6 Å². The van der Waals surface area contributed by atoms with Gasteiger partial charge in [0.05, 0.1) is 6.20 Å². The van der Waals surface area contributed by atoms with Crippen LogP contribution >= 0.6 is 11.5 Å². The zero-order chi connectivity index (χ0) is 16.4. The first-order valence-corrected chi connectivity index (χ1v) is 8.53. The van der Waals surface area contributed by atoms with E-state index in [1.165, 1.54) is 17.1 Å². The van der Waals surface area contributed by atoms with E-state index in [0.717, 1.165) is 30.5 Å². The van der Waals surface area contributed by atoms with Gasteiger partial charge in [0.1, 0.15) is 0 Å². The molecule has 122 valence electrons. The Morgan fingerprint density at radius 1 is 1.29 bits per heavy atom. The van der Waals surface area contributed by atoms with E-state index < -0.39 is 0 Å². The molecule has 4 rings (SSSR count). The van der Waals surface area contributed by atoms with Crippen LogP contribution in [0, 0.1) is 0 Å². The van der Waals surface area contributed by atoms with Crippen LogP contribution in [0.15, 0.2) is 36.5 Å². The third kappa shape index (κ3) is 3.13. The molecule has 24 heavy (non-hydrogen) atoms. The summed E-state index contributed by atoms with van der Waals surface area (Å²) in [6.45, 7) is 0. The van der Waals surface area contributed by atoms with Crippen molar-refractivity contribution in [1.82, 2.24) is 24.9 Å². The van der Waals surface area contributed by atoms with Crippen LogP contribution in [-0.2, 0) is 12.8 Å². The summed E-state index contributed by atoms with van der Waals surface area (Å²) in [5.74, 6) is 0.621. The number of fused-ring (bicyclic) bond motifs is 1. The average Bonchev–Trinajstić information content (AvgIpc) is 3.24. The Hall–Kier alpha value is -2.74. The van der Waals surface area contributed by atoms with Gasteiger partial charge < -0.3 is 5.32 Å². The second kappa shape index (κ2) is 6.40. The van der Waals surface area contributed by atoms with Crippen LogP contribution in [0.1, 0.15) is 17.7 Å². The number of aromatic nitrogens is 4. The van der Waals surface area contributed by atoms with Gasteiger partial charge in [-0.1, -0.05) is 30.3 Å². The highest BCUT2D eigenvalue weighted by Crippen LogP contribution is 2.21. The van der Waals surface area contributed by atoms with Gasteiger partial charge in [0.25, 0.3) is 0 Å². The predicted molar refractivity (Wildman–Crippen MR) is 91.9 cm³/mol. The summed E-state index contributed by atoms with van der Waals surface area (Å²) in [4.78, 5) is 16.5. The Balaban J connectivity index is 1.36. The molecule has 1 atom stereocenters. The number of nitrogens with zero attached hydrogens (tertiary/aromatic N) is 3. The van der Waals surface area contributed by atoms with E-state index in [0.29, 0.717) is 11.0 Å². The summed E-state index contributed by atoms with van der Waals surface area (Å²) < 4.78 is 4.28. The van der Waals surface area contributed by atoms with Crippen molar-refractivity contribution in [1.29, 1.82) is 0 Å². The van der Waals surface area contributed by atoms with Crippen LogP contribution in [0.4, 0.5) is 9.93 Å². The van der Waals surface area contributed by atoms with Crippen LogP contribution < -0.4 is 10.6 Å². The van der Waals surface area contributed by atoms with Crippen LogP contribution in [0.2, 0.25) is 0 Å². The molecular formula is C16H16N6OS. The number of carbonyl (C=O) groups is 1. The molecule has 2 aromatic heterocycles. The number of anilines is 1. The fourth-order valence-corrected chi connectivity index (χ4v) is 3.41. The highest BCUT2D eigenvalue weighted by molar-refractivity contribution is 7.10. The number of hydrogen-bond donors (Lipinski definition) is 3. The van der Waals surface area contributed by atoms with E-state index in [2.05, 4.69) is 30.2 Å². The summed E-state index contributed by atoms with van der Waals surface area (Å²) in [6, 6.07) is 9.54. The number of urea groups is 1. The minimum absolute atomic E-state index is 0.0967. The van der Waals surface area contributed by atoms with Gasteiger partial charge in [-0.25, -0.2) is 4.79 Å². The second-order valence-corrected chi connectivity index (χ2v) is 6.45. The largest absolute Gasteiger partial charge is 0.335 e. The number of benzene rings is 1. The molecular weight excluding hydrogens is 324 g/mol. The molecule has 2 heterocycles. The molecule has 0 fully saturated rings. The number of aryl methyl sites for hydroxylation is 1. The number of rotatable bonds is 3. The maximum absolute atomic E-state index is 12.2. The maximum atomic E-state index is 12.2. The zero-order valence-electron chi connectivity index (χ0n) is 12.8. The van der Waals surface area contributed by atoms with Gasteiger partial charge in [-0.05, 0) is 18.4 Å². The van der Waals surface area contributed by atoms with Crippen molar-refractivity contribution in [2.24, 2.45) is 0 Å². The molecule has 2 amide bonds. The van der Waals surface area contributed by atoms with E-state index in [-0.39, 0.29) is 12.1 Å². The minimum Gasteiger partial charge on any atom is -0.335 e. The lowest BCUT2D eigenvalue weighted by Crippen LogP contribution is -2.41. The van der Waals surface area contributed by atoms with E-state index in [9.17, 15) is 4.79 Å². The molecule has 0 spiro atoms. The lowest BCUT2D eigenvalue weighted by atomic mass is 9.94. The normalized spacial score (nSPS) is 16.4. The molecule has 0 saturated carbocycles. The molecule has 1 aliphatic rings. The Morgan fingerprint density at radius 3 is 3.04 bits per heavy atom. The lowest BCUT2D eigenvalue weighted by Gasteiger charge is -2.22. The van der Waals surface area contributed by atoms with Crippen LogP contribution in [0.3, 0.4) is 0 Å². The monoisotopic (exact) mass is 340 g/mol. The van der Waals surface area contributed by atoms with Crippen molar-refractivity contribution < 1.29 is 4.79 Å². The summed E-state index contributed by atoms with van der Waals surface area (Å²) >= 11 is 1.18. The molecule has 0 saturated heterocycles. The molecule has 1 aromatic carbocycles. The highest BCUT2D eigenvalue weighted by atomic mass is 32.1. The molecule has 0 bridgehead atoms. The van der Waals surface area contributed by atoms with E-state index in [4.69, 9.17) is 0 Å². The van der Waals surface area contributed by atoms with Crippen molar-refractivity contribution in [2.75, 3.05) is 5.32 Å². The lowest BCUT2D eigenvalue weighted by molar-refractivity contribution is 0.247. The third-order valence-electron chi connectivity index (χ3n) is 4.03. The Morgan fingerprint density at radius 2 is 2.17 bits per heavy atom. The van der Waals surface area contributed by atoms with Crippen molar-refractivity contribution in [3.05, 3.63) is 47.8 Å². The molecule has 3 N–H and O–H groups in total. The second-order valence-electron chi connectivity index (χ2n) is 5.70. The number of hydrogen-bond acceptors (Lipinski definition) is 5. The third-order valence-corrected chi connectivity index (χ3v) is 4.66. The van der Waals surface area contributed by atoms with Crippen LogP contribution in [-0.4, -0.2) is 31.6 Å². The van der Waals surface area contributed by atoms with Gasteiger partial charge >= 0.3 is 6.03 Å². The van der Waals surface area contributed by atoms with Crippen LogP contribution in [0.5, 0.6) is 0 Å². The standard InChI is InChI=1S/C16H16N6OS/c23-15(18-12-7-6-11-9-17-21-13(11)8-12)20-16-19-14(22-24-16)10-4-2-1-3-5-10/h1-5,9,12H,6-8H2,(H,17,21)(H2,18,19,20,22,23)/t12-/m1/s1. The number of aromatic amines is 1. The molecule has 7 nitrogen and oxygen atoms in total. The van der Waals surface area contributed by atoms with Gasteiger partial charge in [-0.15, -0.1) is 0 Å². The summed E-state index contributed by atoms with van der Waals surface area (Å²) in [7, 11) is 0. The molecule has 3 aromatic rings. The smallest absolute Gasteiger partial charge is 0.321 e. The Labute approximate surface area is 142 Å². The first-order chi connectivity index (χ1) is 11.8.